The summed E-state index contributed by atoms with van der Waals surface area (Å²) < 4.78 is 11.6. The van der Waals surface area contributed by atoms with Gasteiger partial charge in [-0.15, -0.1) is 0 Å². The molecule has 0 radical (unpaired) electrons. The maximum Gasteiger partial charge on any atom is 0.188 e. The van der Waals surface area contributed by atoms with Gasteiger partial charge in [-0.1, -0.05) is 0 Å². The normalized spacial score (nSPS) is 24.0. The van der Waals surface area contributed by atoms with Crippen LogP contribution in [0.15, 0.2) is 30.9 Å². The number of rotatable bonds is 1. The highest BCUT2D eigenvalue weighted by Crippen LogP contribution is 2.40. The fraction of sp³-hybridized carbons (Fsp3) is 0.400. The number of hydrogen-bond donors (Lipinski definition) is 0. The Morgan fingerprint density at radius 1 is 1.14 bits per heavy atom. The average Bonchev–Trinajstić information content (AvgIpc) is 2.55. The summed E-state index contributed by atoms with van der Waals surface area (Å²) in [6, 6.07) is 4.37. The Morgan fingerprint density at radius 2 is 2.00 bits per heavy atom. The predicted molar refractivity (Wildman–Crippen MR) is 77.3 cm³/mol. The molecule has 108 valence electrons. The Hall–Kier alpha value is -2.21. The molecule has 4 rings (SSSR count). The van der Waals surface area contributed by atoms with Crippen molar-refractivity contribution in [1.82, 2.24) is 15.0 Å². The molecule has 0 amide bonds. The molecule has 6 nitrogen and oxygen atoms in total. The SMILES string of the molecule is CC1COCC2COc3c(-c4ccncc4)ncnc3N12. The lowest BCUT2D eigenvalue weighted by molar-refractivity contribution is 0.0488. The zero-order chi connectivity index (χ0) is 14.2. The van der Waals surface area contributed by atoms with E-state index in [2.05, 4.69) is 26.8 Å². The Kier molecular flexibility index (Phi) is 2.96. The lowest BCUT2D eigenvalue weighted by atomic mass is 10.1. The average molecular weight is 284 g/mol. The smallest absolute Gasteiger partial charge is 0.188 e. The van der Waals surface area contributed by atoms with Gasteiger partial charge < -0.3 is 14.4 Å². The first kappa shape index (κ1) is 12.5. The molecule has 0 bridgehead atoms. The van der Waals surface area contributed by atoms with Gasteiger partial charge in [-0.05, 0) is 19.1 Å². The Labute approximate surface area is 122 Å². The van der Waals surface area contributed by atoms with E-state index >= 15 is 0 Å². The number of hydrogen-bond acceptors (Lipinski definition) is 6. The minimum absolute atomic E-state index is 0.224. The van der Waals surface area contributed by atoms with Gasteiger partial charge in [0.2, 0.25) is 0 Å². The molecule has 1 saturated heterocycles. The highest BCUT2D eigenvalue weighted by atomic mass is 16.5. The second-order valence-electron chi connectivity index (χ2n) is 5.37. The molecule has 2 aliphatic heterocycles. The van der Waals surface area contributed by atoms with Crippen molar-refractivity contribution in [2.24, 2.45) is 0 Å². The third-order valence-electron chi connectivity index (χ3n) is 3.94. The largest absolute Gasteiger partial charge is 0.485 e. The molecule has 4 heterocycles. The number of ether oxygens (including phenoxy) is 2. The first-order valence-electron chi connectivity index (χ1n) is 7.09. The Bertz CT molecular complexity index is 649. The summed E-state index contributed by atoms with van der Waals surface area (Å²) in [6.45, 7) is 4.14. The van der Waals surface area contributed by atoms with Crippen molar-refractivity contribution in [3.63, 3.8) is 0 Å². The summed E-state index contributed by atoms with van der Waals surface area (Å²) in [5.74, 6) is 1.62. The molecule has 0 saturated carbocycles. The second kappa shape index (κ2) is 4.96. The van der Waals surface area contributed by atoms with Crippen molar-refractivity contribution < 1.29 is 9.47 Å². The van der Waals surface area contributed by atoms with Crippen molar-refractivity contribution in [2.75, 3.05) is 24.7 Å². The Balaban J connectivity index is 1.83. The number of anilines is 1. The van der Waals surface area contributed by atoms with Crippen molar-refractivity contribution in [2.45, 2.75) is 19.0 Å². The van der Waals surface area contributed by atoms with E-state index in [1.165, 1.54) is 0 Å². The van der Waals surface area contributed by atoms with Crippen LogP contribution in [-0.4, -0.2) is 46.9 Å². The summed E-state index contributed by atoms with van der Waals surface area (Å²) in [6.07, 6.45) is 5.11. The molecule has 0 spiro atoms. The monoisotopic (exact) mass is 284 g/mol. The fourth-order valence-corrected chi connectivity index (χ4v) is 2.98. The summed E-state index contributed by atoms with van der Waals surface area (Å²) >= 11 is 0. The van der Waals surface area contributed by atoms with E-state index in [1.807, 2.05) is 12.1 Å². The second-order valence-corrected chi connectivity index (χ2v) is 5.37. The van der Waals surface area contributed by atoms with Crippen LogP contribution >= 0.6 is 0 Å². The first-order chi connectivity index (χ1) is 10.3. The third-order valence-corrected chi connectivity index (χ3v) is 3.94. The molecule has 2 atom stereocenters. The molecule has 2 aliphatic rings. The fourth-order valence-electron chi connectivity index (χ4n) is 2.98. The maximum absolute atomic E-state index is 5.96. The number of nitrogens with zero attached hydrogens (tertiary/aromatic N) is 4. The highest BCUT2D eigenvalue weighted by Gasteiger charge is 2.37. The van der Waals surface area contributed by atoms with E-state index in [4.69, 9.17) is 9.47 Å². The quantitative estimate of drug-likeness (QED) is 0.791. The van der Waals surface area contributed by atoms with Crippen molar-refractivity contribution in [3.8, 4) is 17.0 Å². The van der Waals surface area contributed by atoms with Crippen LogP contribution in [0.2, 0.25) is 0 Å². The number of fused-ring (bicyclic) bond motifs is 3. The first-order valence-corrected chi connectivity index (χ1v) is 7.09. The van der Waals surface area contributed by atoms with Crippen LogP contribution in [0.5, 0.6) is 5.75 Å². The third kappa shape index (κ3) is 2.03. The lowest BCUT2D eigenvalue weighted by Crippen LogP contribution is -2.56. The van der Waals surface area contributed by atoms with Crippen molar-refractivity contribution in [3.05, 3.63) is 30.9 Å². The molecule has 0 N–H and O–H groups in total. The van der Waals surface area contributed by atoms with Gasteiger partial charge >= 0.3 is 0 Å². The number of aromatic nitrogens is 3. The molecule has 1 fully saturated rings. The summed E-state index contributed by atoms with van der Waals surface area (Å²) in [5.41, 5.74) is 1.81. The minimum atomic E-state index is 0.224. The topological polar surface area (TPSA) is 60.4 Å². The van der Waals surface area contributed by atoms with Crippen LogP contribution in [0, 0.1) is 0 Å². The van der Waals surface area contributed by atoms with Gasteiger partial charge in [-0.3, -0.25) is 4.98 Å². The van der Waals surface area contributed by atoms with Crippen LogP contribution in [0.3, 0.4) is 0 Å². The predicted octanol–water partition coefficient (Wildman–Crippen LogP) is 1.52. The molecular weight excluding hydrogens is 268 g/mol. The lowest BCUT2D eigenvalue weighted by Gasteiger charge is -2.44. The van der Waals surface area contributed by atoms with Gasteiger partial charge in [0.15, 0.2) is 11.6 Å². The highest BCUT2D eigenvalue weighted by molar-refractivity contribution is 5.74. The van der Waals surface area contributed by atoms with Crippen molar-refractivity contribution in [1.29, 1.82) is 0 Å². The molecule has 2 aromatic rings. The zero-order valence-corrected chi connectivity index (χ0v) is 11.8. The van der Waals surface area contributed by atoms with E-state index in [0.29, 0.717) is 19.8 Å². The molecular formula is C15H16N4O2. The van der Waals surface area contributed by atoms with E-state index < -0.39 is 0 Å². The standard InChI is InChI=1S/C15H16N4O2/c1-10-6-20-7-12-8-21-14-13(11-2-4-16-5-3-11)17-9-18-15(14)19(10)12/h2-5,9-10,12H,6-8H2,1H3. The number of pyridine rings is 1. The molecule has 2 aromatic heterocycles. The van der Waals surface area contributed by atoms with Crippen molar-refractivity contribution >= 4 is 5.82 Å². The molecule has 21 heavy (non-hydrogen) atoms. The maximum atomic E-state index is 5.96. The summed E-state index contributed by atoms with van der Waals surface area (Å²) in [7, 11) is 0. The van der Waals surface area contributed by atoms with Gasteiger partial charge in [0.25, 0.3) is 0 Å². The molecule has 0 aliphatic carbocycles. The van der Waals surface area contributed by atoms with Gasteiger partial charge in [0.05, 0.1) is 25.3 Å². The minimum Gasteiger partial charge on any atom is -0.485 e. The van der Waals surface area contributed by atoms with Gasteiger partial charge in [0, 0.05) is 18.0 Å². The van der Waals surface area contributed by atoms with Crippen LogP contribution < -0.4 is 9.64 Å². The van der Waals surface area contributed by atoms with Crippen LogP contribution in [-0.2, 0) is 4.74 Å². The van der Waals surface area contributed by atoms with Gasteiger partial charge in [-0.25, -0.2) is 9.97 Å². The van der Waals surface area contributed by atoms with Crippen LogP contribution in [0.1, 0.15) is 6.92 Å². The molecule has 2 unspecified atom stereocenters. The van der Waals surface area contributed by atoms with E-state index in [-0.39, 0.29) is 12.1 Å². The van der Waals surface area contributed by atoms with Gasteiger partial charge in [0.1, 0.15) is 18.6 Å². The van der Waals surface area contributed by atoms with E-state index in [0.717, 1.165) is 22.8 Å². The number of morpholine rings is 1. The zero-order valence-electron chi connectivity index (χ0n) is 11.8. The van der Waals surface area contributed by atoms with Crippen LogP contribution in [0.4, 0.5) is 5.82 Å². The van der Waals surface area contributed by atoms with E-state index in [1.54, 1.807) is 18.7 Å². The van der Waals surface area contributed by atoms with E-state index in [9.17, 15) is 0 Å². The summed E-state index contributed by atoms with van der Waals surface area (Å²) in [4.78, 5) is 15.2. The van der Waals surface area contributed by atoms with Gasteiger partial charge in [-0.2, -0.15) is 0 Å². The summed E-state index contributed by atoms with van der Waals surface area (Å²) in [5, 5.41) is 0. The molecule has 0 aromatic carbocycles. The van der Waals surface area contributed by atoms with Crippen LogP contribution in [0.25, 0.3) is 11.3 Å². The Morgan fingerprint density at radius 3 is 2.86 bits per heavy atom. The molecule has 6 heteroatoms.